The second-order valence-electron chi connectivity index (χ2n) is 7.28. The number of hydrogen-bond donors (Lipinski definition) is 6. The van der Waals surface area contributed by atoms with Crippen molar-refractivity contribution in [2.24, 2.45) is 0 Å². The number of aliphatic hydroxyl groups excluding tert-OH is 3. The summed E-state index contributed by atoms with van der Waals surface area (Å²) in [5, 5.41) is 53.8. The van der Waals surface area contributed by atoms with Crippen LogP contribution < -0.4 is 0 Å². The Kier molecular flexibility index (Phi) is 7.13. The molecular formula is C22H24N2O7. The topological polar surface area (TPSA) is 164 Å². The van der Waals surface area contributed by atoms with Crippen molar-refractivity contribution in [3.05, 3.63) is 59.7 Å². The fourth-order valence-corrected chi connectivity index (χ4v) is 3.41. The molecule has 1 saturated heterocycles. The second kappa shape index (κ2) is 9.80. The largest absolute Gasteiger partial charge is 0.481 e. The average Bonchev–Trinajstić information content (AvgIpc) is 2.75. The van der Waals surface area contributed by atoms with Crippen LogP contribution in [0.4, 0.5) is 0 Å². The van der Waals surface area contributed by atoms with Crippen LogP contribution in [-0.2, 0) is 14.3 Å². The van der Waals surface area contributed by atoms with E-state index in [1.165, 1.54) is 0 Å². The lowest BCUT2D eigenvalue weighted by atomic mass is 9.91. The fourth-order valence-electron chi connectivity index (χ4n) is 3.41. The molecule has 3 unspecified atom stereocenters. The van der Waals surface area contributed by atoms with Crippen LogP contribution in [0.1, 0.15) is 30.1 Å². The molecule has 164 valence electrons. The molecule has 31 heavy (non-hydrogen) atoms. The van der Waals surface area contributed by atoms with Crippen molar-refractivity contribution in [2.45, 2.75) is 37.3 Å². The molecule has 9 nitrogen and oxygen atoms in total. The highest BCUT2D eigenvalue weighted by molar-refractivity contribution is 6.03. The summed E-state index contributed by atoms with van der Waals surface area (Å²) in [7, 11) is 0. The van der Waals surface area contributed by atoms with Gasteiger partial charge in [-0.2, -0.15) is 0 Å². The highest BCUT2D eigenvalue weighted by atomic mass is 16.5. The van der Waals surface area contributed by atoms with Gasteiger partial charge in [-0.05, 0) is 34.9 Å². The predicted molar refractivity (Wildman–Crippen MR) is 111 cm³/mol. The number of hydrogen-bond acceptors (Lipinski definition) is 8. The number of carbonyl (C=O) groups is 1. The van der Waals surface area contributed by atoms with Crippen LogP contribution in [0.3, 0.4) is 0 Å². The Morgan fingerprint density at radius 3 is 2.45 bits per heavy atom. The molecule has 3 rings (SSSR count). The van der Waals surface area contributed by atoms with E-state index in [1.54, 1.807) is 36.4 Å². The first kappa shape index (κ1) is 22.6. The molecular weight excluding hydrogens is 404 g/mol. The molecule has 4 atom stereocenters. The lowest BCUT2D eigenvalue weighted by Crippen LogP contribution is -2.44. The van der Waals surface area contributed by atoms with Crippen LogP contribution in [0.15, 0.2) is 48.5 Å². The number of carboxylic acid groups (broad SMARTS) is 1. The van der Waals surface area contributed by atoms with Crippen molar-refractivity contribution < 1.29 is 34.7 Å². The van der Waals surface area contributed by atoms with Gasteiger partial charge in [0.15, 0.2) is 0 Å². The maximum atomic E-state index is 10.6. The van der Waals surface area contributed by atoms with Crippen molar-refractivity contribution in [3.63, 3.8) is 0 Å². The predicted octanol–water partition coefficient (Wildman–Crippen LogP) is 1.69. The summed E-state index contributed by atoms with van der Waals surface area (Å²) in [5.41, 5.74) is 2.66. The van der Waals surface area contributed by atoms with E-state index in [-0.39, 0.29) is 18.9 Å². The van der Waals surface area contributed by atoms with Gasteiger partial charge in [-0.15, -0.1) is 0 Å². The smallest absolute Gasteiger partial charge is 0.312 e. The number of rotatable bonds is 6. The summed E-state index contributed by atoms with van der Waals surface area (Å²) < 4.78 is 10.7. The van der Waals surface area contributed by atoms with Gasteiger partial charge in [-0.25, -0.2) is 0 Å². The molecule has 1 aliphatic heterocycles. The molecule has 2 aromatic rings. The SMILES string of the molecule is N=C(CC(=O)O)OC(=N)c1ccc(-c2cccc([C@H]3OC(CO)CC(O)C3O)c2)cc1. The molecule has 0 aromatic heterocycles. The van der Waals surface area contributed by atoms with E-state index in [0.717, 1.165) is 11.1 Å². The Labute approximate surface area is 178 Å². The first-order chi connectivity index (χ1) is 14.8. The molecule has 1 aliphatic rings. The normalized spacial score (nSPS) is 23.2. The molecule has 0 aliphatic carbocycles. The number of carboxylic acids is 1. The number of aliphatic carboxylic acids is 1. The summed E-state index contributed by atoms with van der Waals surface area (Å²) >= 11 is 0. The molecule has 0 amide bonds. The zero-order chi connectivity index (χ0) is 22.5. The third kappa shape index (κ3) is 5.53. The van der Waals surface area contributed by atoms with Gasteiger partial charge in [0.1, 0.15) is 18.6 Å². The highest BCUT2D eigenvalue weighted by Gasteiger charge is 2.37. The van der Waals surface area contributed by atoms with E-state index in [1.807, 2.05) is 12.1 Å². The van der Waals surface area contributed by atoms with Gasteiger partial charge in [0.2, 0.25) is 11.8 Å². The fraction of sp³-hybridized carbons (Fsp3) is 0.318. The minimum Gasteiger partial charge on any atom is -0.481 e. The molecule has 0 bridgehead atoms. The zero-order valence-corrected chi connectivity index (χ0v) is 16.6. The van der Waals surface area contributed by atoms with Gasteiger partial charge in [-0.1, -0.05) is 30.3 Å². The molecule has 6 N–H and O–H groups in total. The number of aliphatic hydroxyl groups is 3. The minimum atomic E-state index is -1.21. The maximum absolute atomic E-state index is 10.6. The standard InChI is InChI=1S/C22H24N2O7/c23-18(10-19(27)28)31-22(24)13-6-4-12(5-7-13)14-2-1-3-15(8-14)21-20(29)17(26)9-16(11-25)30-21/h1-8,16-17,20-21,23-26,29H,9-11H2,(H,27,28)/t16?,17?,20?,21-/m1/s1. The van der Waals surface area contributed by atoms with Crippen molar-refractivity contribution in [3.8, 4) is 11.1 Å². The van der Waals surface area contributed by atoms with E-state index in [0.29, 0.717) is 11.1 Å². The Bertz CT molecular complexity index is 961. The van der Waals surface area contributed by atoms with Crippen molar-refractivity contribution in [1.82, 2.24) is 0 Å². The first-order valence-corrected chi connectivity index (χ1v) is 9.67. The number of nitrogens with one attached hydrogen (secondary N) is 2. The lowest BCUT2D eigenvalue weighted by molar-refractivity contribution is -0.179. The van der Waals surface area contributed by atoms with Crippen LogP contribution in [-0.4, -0.2) is 63.1 Å². The lowest BCUT2D eigenvalue weighted by Gasteiger charge is -2.37. The Hall–Kier alpha value is -3.11. The maximum Gasteiger partial charge on any atom is 0.312 e. The van der Waals surface area contributed by atoms with Gasteiger partial charge in [0, 0.05) is 12.0 Å². The third-order valence-corrected chi connectivity index (χ3v) is 4.98. The molecule has 0 spiro atoms. The van der Waals surface area contributed by atoms with Crippen LogP contribution in [0.2, 0.25) is 0 Å². The molecule has 9 heteroatoms. The summed E-state index contributed by atoms with van der Waals surface area (Å²) in [6.07, 6.45) is -3.88. The zero-order valence-electron chi connectivity index (χ0n) is 16.6. The summed E-state index contributed by atoms with van der Waals surface area (Å²) in [6.45, 7) is -0.251. The molecule has 0 radical (unpaired) electrons. The average molecular weight is 428 g/mol. The summed E-state index contributed by atoms with van der Waals surface area (Å²) in [6, 6.07) is 14.0. The van der Waals surface area contributed by atoms with Crippen LogP contribution >= 0.6 is 0 Å². The van der Waals surface area contributed by atoms with Crippen LogP contribution in [0.25, 0.3) is 11.1 Å². The van der Waals surface area contributed by atoms with Crippen LogP contribution in [0, 0.1) is 10.8 Å². The Morgan fingerprint density at radius 1 is 1.10 bits per heavy atom. The second-order valence-corrected chi connectivity index (χ2v) is 7.28. The first-order valence-electron chi connectivity index (χ1n) is 9.67. The van der Waals surface area contributed by atoms with Crippen molar-refractivity contribution in [2.75, 3.05) is 6.61 Å². The van der Waals surface area contributed by atoms with Crippen molar-refractivity contribution >= 4 is 17.8 Å². The summed E-state index contributed by atoms with van der Waals surface area (Å²) in [5.74, 6) is -2.06. The van der Waals surface area contributed by atoms with Gasteiger partial charge < -0.3 is 29.9 Å². The monoisotopic (exact) mass is 428 g/mol. The van der Waals surface area contributed by atoms with Crippen molar-refractivity contribution in [1.29, 1.82) is 10.8 Å². The van der Waals surface area contributed by atoms with E-state index >= 15 is 0 Å². The minimum absolute atomic E-state index is 0.160. The van der Waals surface area contributed by atoms with Gasteiger partial charge in [0.05, 0.1) is 18.8 Å². The number of benzene rings is 2. The quantitative estimate of drug-likeness (QED) is 0.301. The van der Waals surface area contributed by atoms with Gasteiger partial charge >= 0.3 is 5.97 Å². The molecule has 2 aromatic carbocycles. The molecule has 1 heterocycles. The molecule has 0 saturated carbocycles. The van der Waals surface area contributed by atoms with E-state index in [4.69, 9.17) is 25.4 Å². The van der Waals surface area contributed by atoms with E-state index in [2.05, 4.69) is 0 Å². The summed E-state index contributed by atoms with van der Waals surface area (Å²) in [4.78, 5) is 10.6. The van der Waals surface area contributed by atoms with Crippen LogP contribution in [0.5, 0.6) is 0 Å². The third-order valence-electron chi connectivity index (χ3n) is 4.98. The van der Waals surface area contributed by atoms with E-state index in [9.17, 15) is 20.1 Å². The Morgan fingerprint density at radius 2 is 1.81 bits per heavy atom. The van der Waals surface area contributed by atoms with Gasteiger partial charge in [-0.3, -0.25) is 15.6 Å². The number of ether oxygens (including phenoxy) is 2. The van der Waals surface area contributed by atoms with Gasteiger partial charge in [0.25, 0.3) is 0 Å². The molecule has 1 fully saturated rings. The Balaban J connectivity index is 1.76. The highest BCUT2D eigenvalue weighted by Crippen LogP contribution is 2.34. The van der Waals surface area contributed by atoms with E-state index < -0.39 is 42.7 Å².